The van der Waals surface area contributed by atoms with Gasteiger partial charge >= 0.3 is 0 Å². The number of hydrogen-bond donors (Lipinski definition) is 1. The average Bonchev–Trinajstić information content (AvgIpc) is 2.18. The van der Waals surface area contributed by atoms with Crippen LogP contribution in [0.3, 0.4) is 0 Å². The maximum Gasteiger partial charge on any atom is 0.201 e. The fourth-order valence-electron chi connectivity index (χ4n) is 2.06. The molecule has 0 aromatic rings. The molecule has 1 aliphatic heterocycles. The van der Waals surface area contributed by atoms with Crippen molar-refractivity contribution < 1.29 is 19.6 Å². The first kappa shape index (κ1) is 11.3. The van der Waals surface area contributed by atoms with Crippen LogP contribution in [0.1, 0.15) is 46.0 Å². The Bertz CT molecular complexity index is 205. The molecule has 4 nitrogen and oxygen atoms in total. The van der Waals surface area contributed by atoms with E-state index in [1.54, 1.807) is 13.8 Å². The van der Waals surface area contributed by atoms with Gasteiger partial charge in [-0.25, -0.2) is 9.78 Å². The van der Waals surface area contributed by atoms with Gasteiger partial charge in [-0.3, -0.25) is 0 Å². The van der Waals surface area contributed by atoms with E-state index in [9.17, 15) is 5.11 Å². The number of hydrogen-bond acceptors (Lipinski definition) is 4. The zero-order chi connectivity index (χ0) is 10.9. The van der Waals surface area contributed by atoms with E-state index >= 15 is 0 Å². The molecule has 1 unspecified atom stereocenters. The standard InChI is InChI=1S/C11H20O4/c1-10(2,12)9-8-13-11(15-14-9)6-4-3-5-7-11/h9,12H,3-8H2,1-2H3. The van der Waals surface area contributed by atoms with Crippen molar-refractivity contribution in [2.75, 3.05) is 6.61 Å². The van der Waals surface area contributed by atoms with Gasteiger partial charge in [0, 0.05) is 12.8 Å². The first-order valence-corrected chi connectivity index (χ1v) is 5.73. The van der Waals surface area contributed by atoms with E-state index in [0.29, 0.717) is 6.61 Å². The first-order chi connectivity index (χ1) is 7.02. The lowest BCUT2D eigenvalue weighted by molar-refractivity contribution is -0.502. The molecule has 1 saturated heterocycles. The molecule has 0 amide bonds. The van der Waals surface area contributed by atoms with E-state index < -0.39 is 17.5 Å². The summed E-state index contributed by atoms with van der Waals surface area (Å²) < 4.78 is 5.74. The second-order valence-corrected chi connectivity index (χ2v) is 5.10. The monoisotopic (exact) mass is 216 g/mol. The number of aliphatic hydroxyl groups is 1. The average molecular weight is 216 g/mol. The predicted octanol–water partition coefficient (Wildman–Crippen LogP) is 1.76. The van der Waals surface area contributed by atoms with Crippen LogP contribution in [0.4, 0.5) is 0 Å². The highest BCUT2D eigenvalue weighted by Gasteiger charge is 2.44. The lowest BCUT2D eigenvalue weighted by Crippen LogP contribution is -2.52. The SMILES string of the molecule is CC(C)(O)C1COC2(CCCCC2)OO1. The van der Waals surface area contributed by atoms with Crippen LogP contribution in [0.5, 0.6) is 0 Å². The van der Waals surface area contributed by atoms with E-state index in [1.807, 2.05) is 0 Å². The summed E-state index contributed by atoms with van der Waals surface area (Å²) >= 11 is 0. The number of ether oxygens (including phenoxy) is 1. The van der Waals surface area contributed by atoms with Gasteiger partial charge in [0.05, 0.1) is 12.2 Å². The fraction of sp³-hybridized carbons (Fsp3) is 1.00. The zero-order valence-electron chi connectivity index (χ0n) is 9.49. The number of rotatable bonds is 1. The molecule has 2 rings (SSSR count). The van der Waals surface area contributed by atoms with Gasteiger partial charge in [0.1, 0.15) is 6.10 Å². The highest BCUT2D eigenvalue weighted by molar-refractivity contribution is 4.82. The van der Waals surface area contributed by atoms with Gasteiger partial charge in [-0.05, 0) is 26.7 Å². The molecular formula is C11H20O4. The molecule has 88 valence electrons. The Hall–Kier alpha value is -0.160. The van der Waals surface area contributed by atoms with E-state index in [2.05, 4.69) is 0 Å². The molecule has 0 radical (unpaired) electrons. The summed E-state index contributed by atoms with van der Waals surface area (Å²) in [5.74, 6) is -0.528. The molecule has 0 aromatic heterocycles. The second kappa shape index (κ2) is 4.01. The Morgan fingerprint density at radius 3 is 2.33 bits per heavy atom. The molecule has 2 fully saturated rings. The van der Waals surface area contributed by atoms with Crippen molar-refractivity contribution in [3.05, 3.63) is 0 Å². The van der Waals surface area contributed by atoms with E-state index in [1.165, 1.54) is 6.42 Å². The van der Waals surface area contributed by atoms with Gasteiger partial charge in [0.2, 0.25) is 5.79 Å². The summed E-state index contributed by atoms with van der Waals surface area (Å²) in [6, 6.07) is 0. The minimum absolute atomic E-state index is 0.398. The summed E-state index contributed by atoms with van der Waals surface area (Å²) in [6.07, 6.45) is 4.87. The van der Waals surface area contributed by atoms with Crippen LogP contribution in [-0.4, -0.2) is 29.2 Å². The van der Waals surface area contributed by atoms with E-state index in [-0.39, 0.29) is 0 Å². The molecule has 1 spiro atoms. The fourth-order valence-corrected chi connectivity index (χ4v) is 2.06. The largest absolute Gasteiger partial charge is 0.388 e. The Morgan fingerprint density at radius 1 is 1.20 bits per heavy atom. The third kappa shape index (κ3) is 2.50. The third-order valence-corrected chi connectivity index (χ3v) is 3.22. The van der Waals surface area contributed by atoms with E-state index in [4.69, 9.17) is 14.5 Å². The van der Waals surface area contributed by atoms with E-state index in [0.717, 1.165) is 25.7 Å². The lowest BCUT2D eigenvalue weighted by atomic mass is 9.93. The van der Waals surface area contributed by atoms with Crippen molar-refractivity contribution in [2.45, 2.75) is 63.4 Å². The molecule has 1 saturated carbocycles. The minimum atomic E-state index is -0.920. The quantitative estimate of drug-likeness (QED) is 0.678. The second-order valence-electron chi connectivity index (χ2n) is 5.10. The normalized spacial score (nSPS) is 31.8. The topological polar surface area (TPSA) is 47.9 Å². The summed E-state index contributed by atoms with van der Waals surface area (Å²) in [5.41, 5.74) is -0.920. The van der Waals surface area contributed by atoms with Crippen LogP contribution in [0.25, 0.3) is 0 Å². The summed E-state index contributed by atoms with van der Waals surface area (Å²) in [7, 11) is 0. The molecular weight excluding hydrogens is 196 g/mol. The van der Waals surface area contributed by atoms with Crippen molar-refractivity contribution in [3.8, 4) is 0 Å². The Labute approximate surface area is 90.4 Å². The van der Waals surface area contributed by atoms with Crippen molar-refractivity contribution in [1.29, 1.82) is 0 Å². The molecule has 1 atom stereocenters. The van der Waals surface area contributed by atoms with Crippen molar-refractivity contribution in [2.24, 2.45) is 0 Å². The van der Waals surface area contributed by atoms with Crippen molar-refractivity contribution >= 4 is 0 Å². The minimum Gasteiger partial charge on any atom is -0.388 e. The maximum atomic E-state index is 9.74. The first-order valence-electron chi connectivity index (χ1n) is 5.73. The third-order valence-electron chi connectivity index (χ3n) is 3.22. The van der Waals surface area contributed by atoms with Gasteiger partial charge in [-0.15, -0.1) is 0 Å². The van der Waals surface area contributed by atoms with Crippen LogP contribution in [0.2, 0.25) is 0 Å². The highest BCUT2D eigenvalue weighted by Crippen LogP contribution is 2.37. The Balaban J connectivity index is 1.91. The smallest absolute Gasteiger partial charge is 0.201 e. The highest BCUT2D eigenvalue weighted by atomic mass is 17.2. The molecule has 1 N–H and O–H groups in total. The lowest BCUT2D eigenvalue weighted by Gasteiger charge is -2.43. The van der Waals surface area contributed by atoms with Crippen molar-refractivity contribution in [1.82, 2.24) is 0 Å². The van der Waals surface area contributed by atoms with Crippen LogP contribution < -0.4 is 0 Å². The summed E-state index contributed by atoms with van der Waals surface area (Å²) in [5, 5.41) is 9.74. The maximum absolute atomic E-state index is 9.74. The van der Waals surface area contributed by atoms with Crippen LogP contribution >= 0.6 is 0 Å². The predicted molar refractivity (Wildman–Crippen MR) is 54.0 cm³/mol. The molecule has 1 aliphatic carbocycles. The van der Waals surface area contributed by atoms with Crippen LogP contribution in [0, 0.1) is 0 Å². The van der Waals surface area contributed by atoms with Gasteiger partial charge in [-0.2, -0.15) is 0 Å². The van der Waals surface area contributed by atoms with Crippen molar-refractivity contribution in [3.63, 3.8) is 0 Å². The van der Waals surface area contributed by atoms with Gasteiger partial charge in [0.15, 0.2) is 0 Å². The molecule has 15 heavy (non-hydrogen) atoms. The Morgan fingerprint density at radius 2 is 1.87 bits per heavy atom. The Kier molecular flexibility index (Phi) is 3.03. The molecule has 1 heterocycles. The summed E-state index contributed by atoms with van der Waals surface area (Å²) in [6.45, 7) is 3.80. The van der Waals surface area contributed by atoms with Crippen LogP contribution in [0.15, 0.2) is 0 Å². The van der Waals surface area contributed by atoms with Crippen LogP contribution in [-0.2, 0) is 14.5 Å². The molecule has 4 heteroatoms. The van der Waals surface area contributed by atoms with Gasteiger partial charge in [0.25, 0.3) is 0 Å². The molecule has 0 aromatic carbocycles. The van der Waals surface area contributed by atoms with Gasteiger partial charge in [-0.1, -0.05) is 6.42 Å². The summed E-state index contributed by atoms with van der Waals surface area (Å²) in [4.78, 5) is 10.6. The zero-order valence-corrected chi connectivity index (χ0v) is 9.49. The molecule has 0 bridgehead atoms. The van der Waals surface area contributed by atoms with Gasteiger partial charge < -0.3 is 9.84 Å². The molecule has 2 aliphatic rings.